The summed E-state index contributed by atoms with van der Waals surface area (Å²) >= 11 is 0. The highest BCUT2D eigenvalue weighted by molar-refractivity contribution is 5.80. The van der Waals surface area contributed by atoms with E-state index in [4.69, 9.17) is 4.74 Å². The number of carbonyl (C=O) groups excluding carboxylic acids is 1. The molecule has 0 aliphatic rings. The molecule has 0 spiro atoms. The van der Waals surface area contributed by atoms with Gasteiger partial charge in [0.25, 0.3) is 11.1 Å². The number of fused-ring (bicyclic) bond motifs is 1. The molecule has 6 heteroatoms. The molecule has 1 N–H and O–H groups in total. The number of aromatic nitrogens is 2. The Bertz CT molecular complexity index is 714. The summed E-state index contributed by atoms with van der Waals surface area (Å²) in [6, 6.07) is 6.57. The minimum atomic E-state index is -0.400. The van der Waals surface area contributed by atoms with E-state index in [0.29, 0.717) is 17.4 Å². The fraction of sp³-hybridized carbons (Fsp3) is 0.308. The maximum Gasteiger partial charge on any atom is 0.307 e. The number of carbonyl (C=O) groups is 1. The Morgan fingerprint density at radius 1 is 1.26 bits per heavy atom. The molecule has 2 aromatic rings. The molecule has 19 heavy (non-hydrogen) atoms. The van der Waals surface area contributed by atoms with Crippen LogP contribution in [-0.2, 0) is 16.1 Å². The lowest BCUT2D eigenvalue weighted by atomic mass is 10.2. The highest BCUT2D eigenvalue weighted by atomic mass is 16.5. The summed E-state index contributed by atoms with van der Waals surface area (Å²) in [5.41, 5.74) is -0.668. The van der Waals surface area contributed by atoms with Crippen LogP contribution in [0, 0.1) is 0 Å². The molecule has 6 nitrogen and oxygen atoms in total. The normalized spacial score (nSPS) is 10.6. The van der Waals surface area contributed by atoms with Crippen LogP contribution in [0.25, 0.3) is 10.8 Å². The molecule has 2 rings (SSSR count). The Balaban J connectivity index is 2.35. The zero-order chi connectivity index (χ0) is 13.8. The van der Waals surface area contributed by atoms with E-state index >= 15 is 0 Å². The van der Waals surface area contributed by atoms with Crippen molar-refractivity contribution in [1.82, 2.24) is 9.78 Å². The van der Waals surface area contributed by atoms with Gasteiger partial charge in [0, 0.05) is 0 Å². The number of H-pyrrole nitrogens is 1. The predicted molar refractivity (Wildman–Crippen MR) is 70.1 cm³/mol. The fourth-order valence-electron chi connectivity index (χ4n) is 1.84. The Morgan fingerprint density at radius 2 is 1.95 bits per heavy atom. The minimum absolute atomic E-state index is 0.0437. The number of nitrogens with zero attached hydrogens (tertiary/aromatic N) is 1. The van der Waals surface area contributed by atoms with Crippen LogP contribution in [0.15, 0.2) is 33.9 Å². The summed E-state index contributed by atoms with van der Waals surface area (Å²) in [6.45, 7) is 2.10. The summed E-state index contributed by atoms with van der Waals surface area (Å²) in [4.78, 5) is 35.1. The van der Waals surface area contributed by atoms with Crippen molar-refractivity contribution in [3.63, 3.8) is 0 Å². The van der Waals surface area contributed by atoms with E-state index in [0.717, 1.165) is 4.68 Å². The number of aryl methyl sites for hydroxylation is 1. The van der Waals surface area contributed by atoms with Crippen LogP contribution in [0.4, 0.5) is 0 Å². The zero-order valence-corrected chi connectivity index (χ0v) is 10.5. The SMILES string of the molecule is CCOC(=O)CCn1[nH]c(=O)c2ccccc2c1=O. The standard InChI is InChI=1S/C13H14N2O4/c1-2-19-11(16)7-8-15-13(18)10-6-4-3-5-9(10)12(17)14-15/h3-6H,2,7-8H2,1H3,(H,14,17). The van der Waals surface area contributed by atoms with E-state index in [2.05, 4.69) is 5.10 Å². The van der Waals surface area contributed by atoms with Crippen molar-refractivity contribution in [3.05, 3.63) is 45.0 Å². The number of benzene rings is 1. The average Bonchev–Trinajstić information content (AvgIpc) is 2.42. The molecule has 0 amide bonds. The van der Waals surface area contributed by atoms with Crippen LogP contribution in [-0.4, -0.2) is 22.4 Å². The quantitative estimate of drug-likeness (QED) is 0.820. The van der Waals surface area contributed by atoms with E-state index in [1.807, 2.05) is 0 Å². The van der Waals surface area contributed by atoms with Crippen molar-refractivity contribution in [1.29, 1.82) is 0 Å². The smallest absolute Gasteiger partial charge is 0.307 e. The lowest BCUT2D eigenvalue weighted by Crippen LogP contribution is -2.30. The number of ether oxygens (including phenoxy) is 1. The highest BCUT2D eigenvalue weighted by Crippen LogP contribution is 2.02. The van der Waals surface area contributed by atoms with Gasteiger partial charge in [-0.15, -0.1) is 0 Å². The van der Waals surface area contributed by atoms with Crippen molar-refractivity contribution in [3.8, 4) is 0 Å². The molecular weight excluding hydrogens is 248 g/mol. The number of aromatic amines is 1. The lowest BCUT2D eigenvalue weighted by molar-refractivity contribution is -0.143. The van der Waals surface area contributed by atoms with Gasteiger partial charge in [0.1, 0.15) is 0 Å². The fourth-order valence-corrected chi connectivity index (χ4v) is 1.84. The minimum Gasteiger partial charge on any atom is -0.466 e. The maximum absolute atomic E-state index is 12.1. The monoisotopic (exact) mass is 262 g/mol. The summed E-state index contributed by atoms with van der Waals surface area (Å²) in [5.74, 6) is -0.400. The van der Waals surface area contributed by atoms with Crippen LogP contribution in [0.3, 0.4) is 0 Å². The largest absolute Gasteiger partial charge is 0.466 e. The molecule has 1 heterocycles. The van der Waals surface area contributed by atoms with E-state index in [-0.39, 0.29) is 24.1 Å². The van der Waals surface area contributed by atoms with Gasteiger partial charge in [-0.25, -0.2) is 4.68 Å². The van der Waals surface area contributed by atoms with E-state index in [9.17, 15) is 14.4 Å². The van der Waals surface area contributed by atoms with Gasteiger partial charge in [0.15, 0.2) is 0 Å². The van der Waals surface area contributed by atoms with Crippen molar-refractivity contribution in [2.45, 2.75) is 19.9 Å². The van der Waals surface area contributed by atoms with E-state index in [1.54, 1.807) is 31.2 Å². The molecule has 0 aliphatic heterocycles. The summed E-state index contributed by atoms with van der Waals surface area (Å²) in [6.07, 6.45) is 0.0437. The van der Waals surface area contributed by atoms with Crippen molar-refractivity contribution < 1.29 is 9.53 Å². The van der Waals surface area contributed by atoms with E-state index < -0.39 is 5.97 Å². The molecule has 1 aromatic carbocycles. The van der Waals surface area contributed by atoms with Crippen molar-refractivity contribution in [2.75, 3.05) is 6.61 Å². The third kappa shape index (κ3) is 2.73. The zero-order valence-electron chi connectivity index (χ0n) is 10.5. The number of hydrogen-bond acceptors (Lipinski definition) is 4. The third-order valence-electron chi connectivity index (χ3n) is 2.73. The van der Waals surface area contributed by atoms with Gasteiger partial charge in [0.05, 0.1) is 30.3 Å². The molecule has 0 aliphatic carbocycles. The van der Waals surface area contributed by atoms with Crippen LogP contribution < -0.4 is 11.1 Å². The van der Waals surface area contributed by atoms with Gasteiger partial charge in [0.2, 0.25) is 0 Å². The second kappa shape index (κ2) is 5.51. The molecular formula is C13H14N2O4. The van der Waals surface area contributed by atoms with Gasteiger partial charge in [-0.05, 0) is 19.1 Å². The second-order valence-electron chi connectivity index (χ2n) is 4.00. The molecule has 0 saturated carbocycles. The number of hydrogen-bond donors (Lipinski definition) is 1. The average molecular weight is 262 g/mol. The van der Waals surface area contributed by atoms with Crippen molar-refractivity contribution >= 4 is 16.7 Å². The first-order chi connectivity index (χ1) is 9.13. The predicted octanol–water partition coefficient (Wildman–Crippen LogP) is 0.643. The Morgan fingerprint density at radius 3 is 2.63 bits per heavy atom. The molecule has 0 fully saturated rings. The van der Waals surface area contributed by atoms with Crippen LogP contribution in [0.1, 0.15) is 13.3 Å². The Kier molecular flexibility index (Phi) is 3.79. The van der Waals surface area contributed by atoms with Crippen LogP contribution >= 0.6 is 0 Å². The van der Waals surface area contributed by atoms with E-state index in [1.165, 1.54) is 0 Å². The number of esters is 1. The number of nitrogens with one attached hydrogen (secondary N) is 1. The molecule has 0 radical (unpaired) electrons. The Labute approximate surface area is 108 Å². The number of rotatable bonds is 4. The topological polar surface area (TPSA) is 81.2 Å². The van der Waals surface area contributed by atoms with Crippen LogP contribution in [0.2, 0.25) is 0 Å². The summed E-state index contributed by atoms with van der Waals surface area (Å²) in [5, 5.41) is 3.15. The lowest BCUT2D eigenvalue weighted by Gasteiger charge is -2.06. The van der Waals surface area contributed by atoms with Gasteiger partial charge >= 0.3 is 5.97 Å². The first-order valence-corrected chi connectivity index (χ1v) is 6.01. The molecule has 0 saturated heterocycles. The highest BCUT2D eigenvalue weighted by Gasteiger charge is 2.08. The van der Waals surface area contributed by atoms with Gasteiger partial charge in [-0.2, -0.15) is 0 Å². The molecule has 100 valence electrons. The molecule has 0 bridgehead atoms. The second-order valence-corrected chi connectivity index (χ2v) is 4.00. The molecule has 0 unspecified atom stereocenters. The van der Waals surface area contributed by atoms with Gasteiger partial charge in [-0.3, -0.25) is 19.5 Å². The molecule has 1 aromatic heterocycles. The Hall–Kier alpha value is -2.37. The van der Waals surface area contributed by atoms with Gasteiger partial charge < -0.3 is 4.74 Å². The van der Waals surface area contributed by atoms with Crippen LogP contribution in [0.5, 0.6) is 0 Å². The summed E-state index contributed by atoms with van der Waals surface area (Å²) < 4.78 is 5.92. The third-order valence-corrected chi connectivity index (χ3v) is 2.73. The first kappa shape index (κ1) is 13.1. The summed E-state index contributed by atoms with van der Waals surface area (Å²) in [7, 11) is 0. The first-order valence-electron chi connectivity index (χ1n) is 6.01. The van der Waals surface area contributed by atoms with Crippen molar-refractivity contribution in [2.24, 2.45) is 0 Å². The molecule has 0 atom stereocenters. The van der Waals surface area contributed by atoms with Gasteiger partial charge in [-0.1, -0.05) is 12.1 Å². The maximum atomic E-state index is 12.1.